The van der Waals surface area contributed by atoms with Gasteiger partial charge in [-0.3, -0.25) is 9.59 Å². The summed E-state index contributed by atoms with van der Waals surface area (Å²) in [5, 5.41) is 8.73. The number of nitrogens with one attached hydrogen (secondary N) is 3. The maximum Gasteiger partial charge on any atom is 0.225 e. The third kappa shape index (κ3) is 4.73. The molecule has 18 heavy (non-hydrogen) atoms. The molecule has 0 bridgehead atoms. The number of carbonyl (C=O) groups is 2. The van der Waals surface area contributed by atoms with Gasteiger partial charge in [0.15, 0.2) is 0 Å². The lowest BCUT2D eigenvalue weighted by atomic mass is 10.2. The van der Waals surface area contributed by atoms with Gasteiger partial charge in [0.25, 0.3) is 0 Å². The first-order chi connectivity index (χ1) is 8.52. The first-order valence-corrected chi connectivity index (χ1v) is 5.92. The zero-order valence-electron chi connectivity index (χ0n) is 10.3. The quantitative estimate of drug-likeness (QED) is 0.764. The molecule has 2 amide bonds. The summed E-state index contributed by atoms with van der Waals surface area (Å²) in [6, 6.07) is 4.90. The lowest BCUT2D eigenvalue weighted by Crippen LogP contribution is -2.19. The first-order valence-electron chi connectivity index (χ1n) is 5.54. The molecule has 0 aromatic heterocycles. The van der Waals surface area contributed by atoms with E-state index in [1.807, 2.05) is 0 Å². The number of hydrogen-bond donors (Lipinski definition) is 3. The van der Waals surface area contributed by atoms with Crippen molar-refractivity contribution in [3.05, 3.63) is 23.2 Å². The van der Waals surface area contributed by atoms with Gasteiger partial charge in [0.2, 0.25) is 11.8 Å². The number of amides is 2. The predicted octanol–water partition coefficient (Wildman–Crippen LogP) is 1.85. The Morgan fingerprint density at radius 2 is 1.94 bits per heavy atom. The molecule has 0 radical (unpaired) electrons. The van der Waals surface area contributed by atoms with Crippen LogP contribution >= 0.6 is 11.6 Å². The molecule has 98 valence electrons. The molecule has 0 aliphatic rings. The van der Waals surface area contributed by atoms with Gasteiger partial charge in [-0.2, -0.15) is 0 Å². The van der Waals surface area contributed by atoms with Crippen molar-refractivity contribution >= 4 is 34.8 Å². The van der Waals surface area contributed by atoms with Gasteiger partial charge in [0.1, 0.15) is 0 Å². The molecule has 5 nitrogen and oxygen atoms in total. The number of carbonyl (C=O) groups excluding carboxylic acids is 2. The third-order valence-corrected chi connectivity index (χ3v) is 2.40. The number of rotatable bonds is 5. The summed E-state index contributed by atoms with van der Waals surface area (Å²) in [7, 11) is 1.78. The Morgan fingerprint density at radius 3 is 2.56 bits per heavy atom. The standard InChI is InChI=1S/C12H16ClN3O2/c1-8(17)15-11-7-9(13)3-4-10(11)16-12(18)5-6-14-2/h3-4,7,14H,5-6H2,1-2H3,(H,15,17)(H,16,18). The number of halogens is 1. The van der Waals surface area contributed by atoms with Crippen LogP contribution in [-0.4, -0.2) is 25.4 Å². The average molecular weight is 270 g/mol. The molecule has 0 saturated carbocycles. The van der Waals surface area contributed by atoms with E-state index < -0.39 is 0 Å². The highest BCUT2D eigenvalue weighted by Gasteiger charge is 2.08. The fraction of sp³-hybridized carbons (Fsp3) is 0.333. The Morgan fingerprint density at radius 1 is 1.22 bits per heavy atom. The van der Waals surface area contributed by atoms with Crippen molar-refractivity contribution in [2.75, 3.05) is 24.2 Å². The lowest BCUT2D eigenvalue weighted by Gasteiger charge is -2.11. The van der Waals surface area contributed by atoms with E-state index in [1.165, 1.54) is 6.92 Å². The third-order valence-electron chi connectivity index (χ3n) is 2.17. The van der Waals surface area contributed by atoms with E-state index in [4.69, 9.17) is 11.6 Å². The van der Waals surface area contributed by atoms with Crippen LogP contribution in [-0.2, 0) is 9.59 Å². The normalized spacial score (nSPS) is 9.94. The minimum atomic E-state index is -0.219. The molecule has 3 N–H and O–H groups in total. The van der Waals surface area contributed by atoms with Crippen molar-refractivity contribution in [2.24, 2.45) is 0 Å². The second-order valence-corrected chi connectivity index (χ2v) is 4.21. The molecule has 0 fully saturated rings. The van der Waals surface area contributed by atoms with Gasteiger partial charge in [-0.05, 0) is 25.2 Å². The van der Waals surface area contributed by atoms with Crippen LogP contribution in [0.15, 0.2) is 18.2 Å². The van der Waals surface area contributed by atoms with E-state index in [-0.39, 0.29) is 11.8 Å². The smallest absolute Gasteiger partial charge is 0.225 e. The van der Waals surface area contributed by atoms with Crippen molar-refractivity contribution in [1.82, 2.24) is 5.32 Å². The molecule has 0 aliphatic carbocycles. The monoisotopic (exact) mass is 269 g/mol. The average Bonchev–Trinajstić information content (AvgIpc) is 2.29. The number of anilines is 2. The number of benzene rings is 1. The molecule has 0 unspecified atom stereocenters. The zero-order chi connectivity index (χ0) is 13.5. The van der Waals surface area contributed by atoms with Gasteiger partial charge in [-0.25, -0.2) is 0 Å². The Labute approximate surface area is 111 Å². The molecule has 0 heterocycles. The molecule has 0 aliphatic heterocycles. The summed E-state index contributed by atoms with van der Waals surface area (Å²) in [4.78, 5) is 22.7. The van der Waals surface area contributed by atoms with Crippen LogP contribution < -0.4 is 16.0 Å². The van der Waals surface area contributed by atoms with Crippen LogP contribution in [0, 0.1) is 0 Å². The van der Waals surface area contributed by atoms with Crippen LogP contribution in [0.4, 0.5) is 11.4 Å². The van der Waals surface area contributed by atoms with Gasteiger partial charge in [-0.15, -0.1) is 0 Å². The molecule has 0 spiro atoms. The van der Waals surface area contributed by atoms with Crippen LogP contribution in [0.3, 0.4) is 0 Å². The van der Waals surface area contributed by atoms with Gasteiger partial charge in [-0.1, -0.05) is 11.6 Å². The Bertz CT molecular complexity index is 449. The molecule has 0 saturated heterocycles. The molecule has 6 heteroatoms. The minimum Gasteiger partial charge on any atom is -0.324 e. The molecule has 1 rings (SSSR count). The van der Waals surface area contributed by atoms with Gasteiger partial charge < -0.3 is 16.0 Å². The van der Waals surface area contributed by atoms with E-state index in [0.29, 0.717) is 29.4 Å². The van der Waals surface area contributed by atoms with Crippen LogP contribution in [0.2, 0.25) is 5.02 Å². The Kier molecular flexibility index (Phi) is 5.61. The van der Waals surface area contributed by atoms with Crippen molar-refractivity contribution in [2.45, 2.75) is 13.3 Å². The molecule has 0 atom stereocenters. The van der Waals surface area contributed by atoms with Crippen molar-refractivity contribution < 1.29 is 9.59 Å². The number of hydrogen-bond acceptors (Lipinski definition) is 3. The van der Waals surface area contributed by atoms with E-state index >= 15 is 0 Å². The second kappa shape index (κ2) is 6.98. The first kappa shape index (κ1) is 14.5. The van der Waals surface area contributed by atoms with Crippen LogP contribution in [0.5, 0.6) is 0 Å². The van der Waals surface area contributed by atoms with E-state index in [0.717, 1.165) is 0 Å². The SMILES string of the molecule is CNCCC(=O)Nc1ccc(Cl)cc1NC(C)=O. The largest absolute Gasteiger partial charge is 0.324 e. The Hall–Kier alpha value is -1.59. The molecular formula is C12H16ClN3O2. The maximum absolute atomic E-state index is 11.6. The topological polar surface area (TPSA) is 70.2 Å². The highest BCUT2D eigenvalue weighted by atomic mass is 35.5. The molecule has 1 aromatic rings. The molecule has 1 aromatic carbocycles. The van der Waals surface area contributed by atoms with E-state index in [9.17, 15) is 9.59 Å². The summed E-state index contributed by atoms with van der Waals surface area (Å²) in [5.41, 5.74) is 1.03. The van der Waals surface area contributed by atoms with Crippen LogP contribution in [0.25, 0.3) is 0 Å². The fourth-order valence-corrected chi connectivity index (χ4v) is 1.54. The summed E-state index contributed by atoms with van der Waals surface area (Å²) >= 11 is 5.85. The highest BCUT2D eigenvalue weighted by Crippen LogP contribution is 2.25. The maximum atomic E-state index is 11.6. The lowest BCUT2D eigenvalue weighted by molar-refractivity contribution is -0.116. The summed E-state index contributed by atoms with van der Waals surface area (Å²) in [5.74, 6) is -0.346. The molecular weight excluding hydrogens is 254 g/mol. The Balaban J connectivity index is 2.80. The predicted molar refractivity (Wildman–Crippen MR) is 72.9 cm³/mol. The van der Waals surface area contributed by atoms with Crippen molar-refractivity contribution in [3.8, 4) is 0 Å². The summed E-state index contributed by atoms with van der Waals surface area (Å²) in [6.45, 7) is 1.99. The van der Waals surface area contributed by atoms with Gasteiger partial charge in [0, 0.05) is 24.9 Å². The second-order valence-electron chi connectivity index (χ2n) is 3.77. The van der Waals surface area contributed by atoms with Gasteiger partial charge in [0.05, 0.1) is 11.4 Å². The van der Waals surface area contributed by atoms with E-state index in [2.05, 4.69) is 16.0 Å². The highest BCUT2D eigenvalue weighted by molar-refractivity contribution is 6.31. The fourth-order valence-electron chi connectivity index (χ4n) is 1.37. The van der Waals surface area contributed by atoms with Crippen molar-refractivity contribution in [1.29, 1.82) is 0 Å². The van der Waals surface area contributed by atoms with Crippen molar-refractivity contribution in [3.63, 3.8) is 0 Å². The summed E-state index contributed by atoms with van der Waals surface area (Å²) in [6.07, 6.45) is 0.360. The zero-order valence-corrected chi connectivity index (χ0v) is 11.1. The van der Waals surface area contributed by atoms with Crippen LogP contribution in [0.1, 0.15) is 13.3 Å². The minimum absolute atomic E-state index is 0.127. The summed E-state index contributed by atoms with van der Waals surface area (Å²) < 4.78 is 0. The van der Waals surface area contributed by atoms with Gasteiger partial charge >= 0.3 is 0 Å². The van der Waals surface area contributed by atoms with E-state index in [1.54, 1.807) is 25.2 Å².